The van der Waals surface area contributed by atoms with Crippen LogP contribution in [0.2, 0.25) is 0 Å². The molecule has 0 aliphatic heterocycles. The summed E-state index contributed by atoms with van der Waals surface area (Å²) in [7, 11) is 0. The summed E-state index contributed by atoms with van der Waals surface area (Å²) in [6, 6.07) is 7.33. The van der Waals surface area contributed by atoms with E-state index in [1.165, 1.54) is 4.68 Å². The highest BCUT2D eigenvalue weighted by atomic mass is 79.9. The molecule has 0 saturated carbocycles. The van der Waals surface area contributed by atoms with Gasteiger partial charge in [0.15, 0.2) is 11.5 Å². The summed E-state index contributed by atoms with van der Waals surface area (Å²) in [5.74, 6) is 1.89. The largest absolute Gasteiger partial charge is 0.490 e. The molecule has 0 radical (unpaired) electrons. The zero-order valence-electron chi connectivity index (χ0n) is 18.3. The molecule has 6 nitrogen and oxygen atoms in total. The van der Waals surface area contributed by atoms with Crippen molar-refractivity contribution in [3.63, 3.8) is 0 Å². The molecular weight excluding hydrogens is 606 g/mol. The number of benzene rings is 2. The number of aromatic nitrogens is 2. The summed E-state index contributed by atoms with van der Waals surface area (Å²) in [5, 5.41) is 5.06. The molecule has 32 heavy (non-hydrogen) atoms. The highest BCUT2D eigenvalue weighted by Gasteiger charge is 2.18. The van der Waals surface area contributed by atoms with E-state index in [1.807, 2.05) is 39.0 Å². The molecule has 0 fully saturated rings. The van der Waals surface area contributed by atoms with Crippen LogP contribution in [0.15, 0.2) is 47.6 Å². The van der Waals surface area contributed by atoms with Crippen molar-refractivity contribution in [2.45, 2.75) is 40.0 Å². The standard InChI is InChI=1S/C23H24Br3N3O3/c1-5-13(4)22-28-17-9-8-15(24)11-16(17)23(30)29(22)27-12-14-10-18(31-6-2)21(32-7-3)20(26)19(14)25/h8-13H,5-7H2,1-4H3/t13-/m1/s1. The van der Waals surface area contributed by atoms with Crippen LogP contribution >= 0.6 is 47.8 Å². The second kappa shape index (κ2) is 10.9. The molecule has 0 aliphatic carbocycles. The molecule has 2 aromatic carbocycles. The van der Waals surface area contributed by atoms with E-state index in [9.17, 15) is 4.79 Å². The molecule has 0 aliphatic rings. The molecule has 0 bridgehead atoms. The van der Waals surface area contributed by atoms with Gasteiger partial charge in [-0.15, -0.1) is 0 Å². The van der Waals surface area contributed by atoms with E-state index in [2.05, 4.69) is 59.8 Å². The van der Waals surface area contributed by atoms with E-state index in [0.29, 0.717) is 41.4 Å². The summed E-state index contributed by atoms with van der Waals surface area (Å²) >= 11 is 10.6. The summed E-state index contributed by atoms with van der Waals surface area (Å²) in [6.45, 7) is 8.92. The molecule has 1 aromatic heterocycles. The van der Waals surface area contributed by atoms with Gasteiger partial charge in [0.2, 0.25) is 0 Å². The lowest BCUT2D eigenvalue weighted by atomic mass is 10.1. The highest BCUT2D eigenvalue weighted by molar-refractivity contribution is 9.13. The van der Waals surface area contributed by atoms with Crippen molar-refractivity contribution in [1.82, 2.24) is 9.66 Å². The number of hydrogen-bond acceptors (Lipinski definition) is 5. The first-order chi connectivity index (χ1) is 15.3. The molecule has 9 heteroatoms. The zero-order chi connectivity index (χ0) is 23.4. The smallest absolute Gasteiger partial charge is 0.282 e. The molecule has 170 valence electrons. The third-order valence-electron chi connectivity index (χ3n) is 4.94. The Morgan fingerprint density at radius 2 is 1.81 bits per heavy atom. The van der Waals surface area contributed by atoms with Crippen LogP contribution in [0.5, 0.6) is 11.5 Å². The first kappa shape index (κ1) is 24.9. The molecular formula is C23H24Br3N3O3. The second-order valence-corrected chi connectivity index (χ2v) is 9.59. The minimum atomic E-state index is -0.214. The number of halogens is 3. The number of rotatable bonds is 8. The van der Waals surface area contributed by atoms with Crippen LogP contribution in [0.1, 0.15) is 51.4 Å². The normalized spacial score (nSPS) is 12.5. The van der Waals surface area contributed by atoms with Gasteiger partial charge >= 0.3 is 0 Å². The topological polar surface area (TPSA) is 65.7 Å². The van der Waals surface area contributed by atoms with Crippen molar-refractivity contribution in [2.75, 3.05) is 13.2 Å². The van der Waals surface area contributed by atoms with Gasteiger partial charge < -0.3 is 9.47 Å². The average Bonchev–Trinajstić information content (AvgIpc) is 2.78. The molecule has 0 N–H and O–H groups in total. The van der Waals surface area contributed by atoms with Gasteiger partial charge in [-0.3, -0.25) is 4.79 Å². The predicted molar refractivity (Wildman–Crippen MR) is 140 cm³/mol. The molecule has 3 rings (SSSR count). The Balaban J connectivity index is 2.19. The fourth-order valence-corrected chi connectivity index (χ4v) is 4.44. The van der Waals surface area contributed by atoms with Crippen LogP contribution in [-0.2, 0) is 0 Å². The van der Waals surface area contributed by atoms with Gasteiger partial charge in [0.25, 0.3) is 5.56 Å². The highest BCUT2D eigenvalue weighted by Crippen LogP contribution is 2.42. The Morgan fingerprint density at radius 3 is 2.47 bits per heavy atom. The molecule has 0 saturated heterocycles. The summed E-state index contributed by atoms with van der Waals surface area (Å²) in [4.78, 5) is 18.1. The zero-order valence-corrected chi connectivity index (χ0v) is 23.0. The molecule has 0 spiro atoms. The maximum Gasteiger partial charge on any atom is 0.282 e. The lowest BCUT2D eigenvalue weighted by Gasteiger charge is -2.16. The Morgan fingerprint density at radius 1 is 1.09 bits per heavy atom. The molecule has 0 amide bonds. The Bertz CT molecular complexity index is 1220. The molecule has 0 unspecified atom stereocenters. The fourth-order valence-electron chi connectivity index (χ4n) is 3.14. The van der Waals surface area contributed by atoms with Gasteiger partial charge in [-0.2, -0.15) is 9.78 Å². The van der Waals surface area contributed by atoms with Crippen molar-refractivity contribution < 1.29 is 9.47 Å². The molecule has 3 aromatic rings. The van der Waals surface area contributed by atoms with Crippen molar-refractivity contribution in [3.05, 3.63) is 59.4 Å². The van der Waals surface area contributed by atoms with E-state index in [4.69, 9.17) is 14.5 Å². The number of fused-ring (bicyclic) bond motifs is 1. The van der Waals surface area contributed by atoms with E-state index >= 15 is 0 Å². The average molecular weight is 630 g/mol. The van der Waals surface area contributed by atoms with Gasteiger partial charge in [-0.25, -0.2) is 4.98 Å². The first-order valence-corrected chi connectivity index (χ1v) is 12.7. The third-order valence-corrected chi connectivity index (χ3v) is 7.58. The van der Waals surface area contributed by atoms with Crippen LogP contribution in [-0.4, -0.2) is 29.1 Å². The minimum Gasteiger partial charge on any atom is -0.490 e. The van der Waals surface area contributed by atoms with Crippen LogP contribution in [0.25, 0.3) is 10.9 Å². The summed E-state index contributed by atoms with van der Waals surface area (Å²) in [5.41, 5.74) is 1.18. The van der Waals surface area contributed by atoms with Crippen LogP contribution in [0.4, 0.5) is 0 Å². The van der Waals surface area contributed by atoms with Gasteiger partial charge in [-0.1, -0.05) is 29.8 Å². The van der Waals surface area contributed by atoms with Crippen LogP contribution in [0, 0.1) is 0 Å². The van der Waals surface area contributed by atoms with Gasteiger partial charge in [0, 0.05) is 20.4 Å². The second-order valence-electron chi connectivity index (χ2n) is 7.09. The summed E-state index contributed by atoms with van der Waals surface area (Å²) < 4.78 is 15.2. The van der Waals surface area contributed by atoms with Gasteiger partial charge in [0.05, 0.1) is 34.8 Å². The van der Waals surface area contributed by atoms with Crippen molar-refractivity contribution in [3.8, 4) is 11.5 Å². The first-order valence-electron chi connectivity index (χ1n) is 10.4. The van der Waals surface area contributed by atoms with E-state index in [0.717, 1.165) is 25.4 Å². The van der Waals surface area contributed by atoms with Crippen LogP contribution in [0.3, 0.4) is 0 Å². The Labute approximate surface area is 212 Å². The van der Waals surface area contributed by atoms with Crippen molar-refractivity contribution in [2.24, 2.45) is 5.10 Å². The lowest BCUT2D eigenvalue weighted by Crippen LogP contribution is -2.23. The monoisotopic (exact) mass is 627 g/mol. The predicted octanol–water partition coefficient (Wildman–Crippen LogP) is 6.88. The van der Waals surface area contributed by atoms with E-state index in [-0.39, 0.29) is 11.5 Å². The Hall–Kier alpha value is -1.71. The quantitative estimate of drug-likeness (QED) is 0.255. The van der Waals surface area contributed by atoms with Gasteiger partial charge in [0.1, 0.15) is 5.82 Å². The van der Waals surface area contributed by atoms with Crippen LogP contribution < -0.4 is 15.0 Å². The number of nitrogens with zero attached hydrogens (tertiary/aromatic N) is 3. The van der Waals surface area contributed by atoms with Gasteiger partial charge in [-0.05, 0) is 76.4 Å². The van der Waals surface area contributed by atoms with E-state index in [1.54, 1.807) is 12.3 Å². The number of ether oxygens (including phenoxy) is 2. The number of hydrogen-bond donors (Lipinski definition) is 0. The van der Waals surface area contributed by atoms with Crippen molar-refractivity contribution in [1.29, 1.82) is 0 Å². The maximum atomic E-state index is 13.3. The SMILES string of the molecule is CCOc1cc(C=Nn2c([C@H](C)CC)nc3ccc(Br)cc3c2=O)c(Br)c(Br)c1OCC. The van der Waals surface area contributed by atoms with Crippen molar-refractivity contribution >= 4 is 64.9 Å². The molecule has 1 atom stereocenters. The van der Waals surface area contributed by atoms with E-state index < -0.39 is 0 Å². The molecule has 1 heterocycles. The maximum absolute atomic E-state index is 13.3. The Kier molecular flexibility index (Phi) is 8.52. The summed E-state index contributed by atoms with van der Waals surface area (Å²) in [6.07, 6.45) is 2.46. The fraction of sp³-hybridized carbons (Fsp3) is 0.348. The lowest BCUT2D eigenvalue weighted by molar-refractivity contribution is 0.286. The third kappa shape index (κ3) is 5.10. The minimum absolute atomic E-state index is 0.0578.